The zero-order valence-electron chi connectivity index (χ0n) is 17.4. The largest absolute Gasteiger partial charge is 0.398 e. The number of nitrogen functional groups attached to an aromatic ring is 1. The van der Waals surface area contributed by atoms with E-state index in [4.69, 9.17) is 22.7 Å². The standard InChI is InChI=1S/C25H26ClN3O/c1-15(2)24(19-6-4-5-7-21(19)26)29-25(30)18-12-13-22(27)20(14-18)23(28)17-10-8-16(3)9-11-17/h4-15,24,28H,27H2,1-3H3,(H,29,30). The molecule has 1 amide bonds. The fraction of sp³-hybridized carbons (Fsp3) is 0.200. The summed E-state index contributed by atoms with van der Waals surface area (Å²) in [5.74, 6) is -0.0838. The minimum Gasteiger partial charge on any atom is -0.398 e. The van der Waals surface area contributed by atoms with Crippen LogP contribution in [0, 0.1) is 18.3 Å². The summed E-state index contributed by atoms with van der Waals surface area (Å²) in [6, 6.07) is 20.0. The van der Waals surface area contributed by atoms with Gasteiger partial charge in [0.25, 0.3) is 5.91 Å². The lowest BCUT2D eigenvalue weighted by atomic mass is 9.94. The van der Waals surface area contributed by atoms with Gasteiger partial charge in [-0.2, -0.15) is 0 Å². The van der Waals surface area contributed by atoms with Crippen molar-refractivity contribution in [2.45, 2.75) is 26.8 Å². The van der Waals surface area contributed by atoms with E-state index >= 15 is 0 Å². The zero-order valence-corrected chi connectivity index (χ0v) is 18.1. The molecule has 5 heteroatoms. The van der Waals surface area contributed by atoms with Crippen LogP contribution in [0.4, 0.5) is 5.69 Å². The highest BCUT2D eigenvalue weighted by Gasteiger charge is 2.22. The van der Waals surface area contributed by atoms with Crippen molar-refractivity contribution < 1.29 is 4.79 Å². The lowest BCUT2D eigenvalue weighted by Gasteiger charge is -2.24. The van der Waals surface area contributed by atoms with E-state index in [-0.39, 0.29) is 23.6 Å². The molecule has 3 aromatic rings. The van der Waals surface area contributed by atoms with Crippen LogP contribution in [0.3, 0.4) is 0 Å². The number of carbonyl (C=O) groups excluding carboxylic acids is 1. The Morgan fingerprint density at radius 3 is 2.27 bits per heavy atom. The lowest BCUT2D eigenvalue weighted by molar-refractivity contribution is 0.0925. The van der Waals surface area contributed by atoms with Gasteiger partial charge in [-0.25, -0.2) is 0 Å². The first-order valence-corrected chi connectivity index (χ1v) is 10.3. The summed E-state index contributed by atoms with van der Waals surface area (Å²) in [6.07, 6.45) is 0. The van der Waals surface area contributed by atoms with Crippen LogP contribution < -0.4 is 11.1 Å². The molecule has 0 aliphatic carbocycles. The molecule has 0 spiro atoms. The molecule has 0 aliphatic rings. The molecule has 3 aromatic carbocycles. The van der Waals surface area contributed by atoms with E-state index in [0.29, 0.717) is 21.8 Å². The molecule has 1 unspecified atom stereocenters. The van der Waals surface area contributed by atoms with E-state index in [1.165, 1.54) is 0 Å². The Balaban J connectivity index is 1.89. The molecule has 0 bridgehead atoms. The van der Waals surface area contributed by atoms with Crippen molar-refractivity contribution in [2.24, 2.45) is 5.92 Å². The van der Waals surface area contributed by atoms with Crippen LogP contribution in [-0.4, -0.2) is 11.6 Å². The average Bonchev–Trinajstić information content (AvgIpc) is 2.72. The molecule has 0 radical (unpaired) electrons. The molecule has 4 N–H and O–H groups in total. The molecule has 154 valence electrons. The lowest BCUT2D eigenvalue weighted by Crippen LogP contribution is -2.32. The topological polar surface area (TPSA) is 79.0 Å². The Morgan fingerprint density at radius 2 is 1.63 bits per heavy atom. The van der Waals surface area contributed by atoms with E-state index in [1.807, 2.05) is 69.3 Å². The number of amides is 1. The van der Waals surface area contributed by atoms with E-state index in [0.717, 1.165) is 16.7 Å². The van der Waals surface area contributed by atoms with Crippen LogP contribution in [0.25, 0.3) is 0 Å². The number of nitrogens with two attached hydrogens (primary N) is 1. The molecule has 0 saturated carbocycles. The van der Waals surface area contributed by atoms with Crippen molar-refractivity contribution >= 4 is 28.9 Å². The second kappa shape index (κ2) is 9.14. The quantitative estimate of drug-likeness (QED) is 0.350. The first kappa shape index (κ1) is 21.6. The van der Waals surface area contributed by atoms with Crippen molar-refractivity contribution in [3.8, 4) is 0 Å². The van der Waals surface area contributed by atoms with E-state index in [2.05, 4.69) is 5.32 Å². The number of halogens is 1. The van der Waals surface area contributed by atoms with Crippen molar-refractivity contribution in [3.05, 3.63) is 99.6 Å². The van der Waals surface area contributed by atoms with Crippen LogP contribution in [0.1, 0.15) is 52.5 Å². The van der Waals surface area contributed by atoms with Gasteiger partial charge in [0.2, 0.25) is 0 Å². The number of benzene rings is 3. The fourth-order valence-corrected chi connectivity index (χ4v) is 3.60. The number of hydrogen-bond donors (Lipinski definition) is 3. The maximum atomic E-state index is 13.0. The van der Waals surface area contributed by atoms with Crippen molar-refractivity contribution in [1.82, 2.24) is 5.32 Å². The summed E-state index contributed by atoms with van der Waals surface area (Å²) in [4.78, 5) is 13.0. The normalized spacial score (nSPS) is 11.9. The van der Waals surface area contributed by atoms with E-state index in [1.54, 1.807) is 18.2 Å². The first-order chi connectivity index (χ1) is 14.3. The predicted octanol–water partition coefficient (Wildman–Crippen LogP) is 5.77. The van der Waals surface area contributed by atoms with Gasteiger partial charge < -0.3 is 11.1 Å². The third kappa shape index (κ3) is 4.71. The Hall–Kier alpha value is -3.11. The molecule has 0 fully saturated rings. The molecule has 3 rings (SSSR count). The maximum absolute atomic E-state index is 13.0. The summed E-state index contributed by atoms with van der Waals surface area (Å²) in [6.45, 7) is 6.07. The summed E-state index contributed by atoms with van der Waals surface area (Å²) >= 11 is 6.36. The van der Waals surface area contributed by atoms with Gasteiger partial charge in [0, 0.05) is 27.4 Å². The van der Waals surface area contributed by atoms with Crippen LogP contribution >= 0.6 is 11.6 Å². The van der Waals surface area contributed by atoms with Gasteiger partial charge in [-0.05, 0) is 42.7 Å². The molecule has 0 aromatic heterocycles. The van der Waals surface area contributed by atoms with Gasteiger partial charge in [-0.15, -0.1) is 0 Å². The Morgan fingerprint density at radius 1 is 1.00 bits per heavy atom. The molecule has 1 atom stereocenters. The van der Waals surface area contributed by atoms with Gasteiger partial charge in [0.15, 0.2) is 0 Å². The summed E-state index contributed by atoms with van der Waals surface area (Å²) in [7, 11) is 0. The minimum atomic E-state index is -0.233. The summed E-state index contributed by atoms with van der Waals surface area (Å²) in [5.41, 5.74) is 10.6. The van der Waals surface area contributed by atoms with Gasteiger partial charge >= 0.3 is 0 Å². The summed E-state index contributed by atoms with van der Waals surface area (Å²) < 4.78 is 0. The molecule has 4 nitrogen and oxygen atoms in total. The highest BCUT2D eigenvalue weighted by molar-refractivity contribution is 6.31. The van der Waals surface area contributed by atoms with E-state index < -0.39 is 0 Å². The molecule has 0 aliphatic heterocycles. The average molecular weight is 420 g/mol. The molecular formula is C25H26ClN3O. The van der Waals surface area contributed by atoms with Gasteiger partial charge in [-0.1, -0.05) is 73.5 Å². The van der Waals surface area contributed by atoms with Crippen LogP contribution in [-0.2, 0) is 0 Å². The molecule has 30 heavy (non-hydrogen) atoms. The number of carbonyl (C=O) groups is 1. The highest BCUT2D eigenvalue weighted by atomic mass is 35.5. The van der Waals surface area contributed by atoms with Gasteiger partial charge in [0.1, 0.15) is 0 Å². The number of rotatable bonds is 6. The third-order valence-corrected chi connectivity index (χ3v) is 5.46. The molecule has 0 heterocycles. The second-order valence-electron chi connectivity index (χ2n) is 7.76. The Kier molecular flexibility index (Phi) is 6.58. The number of hydrogen-bond acceptors (Lipinski definition) is 3. The zero-order chi connectivity index (χ0) is 21.8. The fourth-order valence-electron chi connectivity index (χ4n) is 3.35. The van der Waals surface area contributed by atoms with Crippen molar-refractivity contribution in [1.29, 1.82) is 5.41 Å². The maximum Gasteiger partial charge on any atom is 0.251 e. The SMILES string of the molecule is Cc1ccc(C(=N)c2cc(C(=O)NC(c3ccccc3Cl)C(C)C)ccc2N)cc1. The highest BCUT2D eigenvalue weighted by Crippen LogP contribution is 2.29. The Labute approximate surface area is 182 Å². The van der Waals surface area contributed by atoms with Crippen LogP contribution in [0.2, 0.25) is 5.02 Å². The van der Waals surface area contributed by atoms with Gasteiger partial charge in [0.05, 0.1) is 11.8 Å². The molecular weight excluding hydrogens is 394 g/mol. The van der Waals surface area contributed by atoms with Crippen LogP contribution in [0.15, 0.2) is 66.7 Å². The summed E-state index contributed by atoms with van der Waals surface area (Å²) in [5, 5.41) is 12.3. The van der Waals surface area contributed by atoms with Crippen LogP contribution in [0.5, 0.6) is 0 Å². The predicted molar refractivity (Wildman–Crippen MR) is 124 cm³/mol. The first-order valence-electron chi connectivity index (χ1n) is 9.88. The monoisotopic (exact) mass is 419 g/mol. The van der Waals surface area contributed by atoms with Gasteiger partial charge in [-0.3, -0.25) is 10.2 Å². The smallest absolute Gasteiger partial charge is 0.251 e. The number of nitrogens with one attached hydrogen (secondary N) is 2. The Bertz CT molecular complexity index is 1070. The second-order valence-corrected chi connectivity index (χ2v) is 8.17. The molecule has 0 saturated heterocycles. The van der Waals surface area contributed by atoms with Crippen molar-refractivity contribution in [3.63, 3.8) is 0 Å². The number of aryl methyl sites for hydroxylation is 1. The van der Waals surface area contributed by atoms with Crippen molar-refractivity contribution in [2.75, 3.05) is 5.73 Å². The minimum absolute atomic E-state index is 0.146. The number of anilines is 1. The third-order valence-electron chi connectivity index (χ3n) is 5.12. The van der Waals surface area contributed by atoms with E-state index in [9.17, 15) is 4.79 Å².